The van der Waals surface area contributed by atoms with Gasteiger partial charge in [0, 0.05) is 24.4 Å². The molecule has 8 heteroatoms. The molecule has 0 spiro atoms. The van der Waals surface area contributed by atoms with Gasteiger partial charge in [-0.15, -0.1) is 0 Å². The van der Waals surface area contributed by atoms with Crippen molar-refractivity contribution in [3.05, 3.63) is 71.1 Å². The lowest BCUT2D eigenvalue weighted by atomic mass is 9.94. The summed E-state index contributed by atoms with van der Waals surface area (Å²) in [4.78, 5) is 28.6. The highest BCUT2D eigenvalue weighted by Crippen LogP contribution is 2.27. The number of carboxylic acids is 1. The smallest absolute Gasteiger partial charge is 0.303 e. The number of aryl methyl sites for hydroxylation is 2. The van der Waals surface area contributed by atoms with E-state index in [1.807, 2.05) is 37.3 Å². The fourth-order valence-corrected chi connectivity index (χ4v) is 4.68. The molecule has 2 aromatic carbocycles. The third-order valence-electron chi connectivity index (χ3n) is 6.74. The van der Waals surface area contributed by atoms with Crippen molar-refractivity contribution in [1.29, 1.82) is 0 Å². The van der Waals surface area contributed by atoms with Crippen LogP contribution in [-0.4, -0.2) is 39.7 Å². The van der Waals surface area contributed by atoms with Crippen molar-refractivity contribution in [2.45, 2.75) is 70.4 Å². The number of aromatic nitrogens is 1. The lowest BCUT2D eigenvalue weighted by Gasteiger charge is -2.25. The van der Waals surface area contributed by atoms with E-state index in [0.29, 0.717) is 35.8 Å². The van der Waals surface area contributed by atoms with Gasteiger partial charge in [-0.3, -0.25) is 9.59 Å². The average Bonchev–Trinajstić information content (AvgIpc) is 3.28. The maximum atomic E-state index is 12.8. The van der Waals surface area contributed by atoms with E-state index in [1.54, 1.807) is 18.2 Å². The van der Waals surface area contributed by atoms with E-state index < -0.39 is 18.0 Å². The van der Waals surface area contributed by atoms with E-state index in [1.165, 1.54) is 0 Å². The van der Waals surface area contributed by atoms with Gasteiger partial charge in [-0.05, 0) is 61.6 Å². The van der Waals surface area contributed by atoms with Crippen LogP contribution in [0.4, 0.5) is 0 Å². The summed E-state index contributed by atoms with van der Waals surface area (Å²) in [5.74, 6) is 0.368. The Morgan fingerprint density at radius 1 is 1.11 bits per heavy atom. The molecule has 8 nitrogen and oxygen atoms in total. The zero-order valence-electron chi connectivity index (χ0n) is 21.1. The predicted octanol–water partition coefficient (Wildman–Crippen LogP) is 4.77. The molecule has 1 atom stereocenters. The van der Waals surface area contributed by atoms with Gasteiger partial charge in [-0.25, -0.2) is 4.98 Å². The van der Waals surface area contributed by atoms with Gasteiger partial charge in [0.05, 0.1) is 12.3 Å². The molecule has 4 rings (SSSR count). The van der Waals surface area contributed by atoms with Gasteiger partial charge < -0.3 is 24.7 Å². The van der Waals surface area contributed by atoms with Crippen LogP contribution in [0.1, 0.15) is 67.2 Å². The summed E-state index contributed by atoms with van der Waals surface area (Å²) in [5.41, 5.74) is 2.68. The Labute approximate surface area is 216 Å². The number of hydrogen-bond acceptors (Lipinski definition) is 6. The number of aliphatic hydroxyl groups is 1. The van der Waals surface area contributed by atoms with Crippen LogP contribution in [0.15, 0.2) is 52.9 Å². The minimum atomic E-state index is -1.40. The monoisotopic (exact) mass is 506 g/mol. The van der Waals surface area contributed by atoms with E-state index in [0.717, 1.165) is 49.1 Å². The number of aliphatic hydroxyl groups excluding tert-OH is 1. The van der Waals surface area contributed by atoms with Gasteiger partial charge in [-0.2, -0.15) is 0 Å². The maximum Gasteiger partial charge on any atom is 0.303 e. The lowest BCUT2D eigenvalue weighted by Crippen LogP contribution is -2.39. The third kappa shape index (κ3) is 7.20. The van der Waals surface area contributed by atoms with Gasteiger partial charge in [0.25, 0.3) is 5.91 Å². The topological polar surface area (TPSA) is 122 Å². The van der Waals surface area contributed by atoms with Gasteiger partial charge >= 0.3 is 5.97 Å². The maximum absolute atomic E-state index is 12.8. The largest absolute Gasteiger partial charge is 0.493 e. The number of hydrogen-bond donors (Lipinski definition) is 3. The fraction of sp³-hybridized carbons (Fsp3) is 0.414. The second-order valence-corrected chi connectivity index (χ2v) is 9.49. The van der Waals surface area contributed by atoms with E-state index >= 15 is 0 Å². The summed E-state index contributed by atoms with van der Waals surface area (Å²) in [7, 11) is 0. The molecular formula is C29H34N2O6. The first kappa shape index (κ1) is 26.4. The zero-order valence-corrected chi connectivity index (χ0v) is 21.1. The molecule has 0 aliphatic heterocycles. The first-order chi connectivity index (χ1) is 17.9. The molecule has 1 saturated carbocycles. The van der Waals surface area contributed by atoms with Crippen LogP contribution in [0.25, 0.3) is 11.5 Å². The summed E-state index contributed by atoms with van der Waals surface area (Å²) in [5, 5.41) is 23.0. The number of ether oxygens (including phenoxy) is 1. The highest BCUT2D eigenvalue weighted by molar-refractivity contribution is 5.83. The van der Waals surface area contributed by atoms with Gasteiger partial charge in [-0.1, -0.05) is 43.5 Å². The third-order valence-corrected chi connectivity index (χ3v) is 6.74. The minimum Gasteiger partial charge on any atom is -0.493 e. The van der Waals surface area contributed by atoms with Crippen LogP contribution in [0.5, 0.6) is 5.75 Å². The predicted molar refractivity (Wildman–Crippen MR) is 138 cm³/mol. The number of carbonyl (C=O) groups excluding carboxylic acids is 1. The van der Waals surface area contributed by atoms with E-state index in [4.69, 9.17) is 14.3 Å². The molecule has 37 heavy (non-hydrogen) atoms. The zero-order chi connectivity index (χ0) is 26.2. The molecule has 1 unspecified atom stereocenters. The Balaban J connectivity index is 1.43. The number of rotatable bonds is 11. The standard InChI is InChI=1S/C29H34N2O6/c1-19-25(31-29(37-19)21-8-4-2-5-9-21)16-17-36-23-14-12-20(13-15-26(32)33)24(18-23)27(34)28(35)30-22-10-6-3-7-11-22/h2,4-5,8-9,12,14,18,22,27,34H,3,6-7,10-11,13,15-17H2,1H3,(H,30,35)(H,32,33). The summed E-state index contributed by atoms with van der Waals surface area (Å²) in [6, 6.07) is 14.8. The molecule has 196 valence electrons. The highest BCUT2D eigenvalue weighted by Gasteiger charge is 2.25. The summed E-state index contributed by atoms with van der Waals surface area (Å²) in [6.07, 6.45) is 4.32. The Hall–Kier alpha value is -3.65. The summed E-state index contributed by atoms with van der Waals surface area (Å²) < 4.78 is 11.8. The van der Waals surface area contributed by atoms with Gasteiger partial charge in [0.15, 0.2) is 6.10 Å². The normalized spacial score (nSPS) is 14.8. The first-order valence-corrected chi connectivity index (χ1v) is 12.9. The lowest BCUT2D eigenvalue weighted by molar-refractivity contribution is -0.137. The molecule has 0 radical (unpaired) electrons. The number of oxazole rings is 1. The van der Waals surface area contributed by atoms with Crippen LogP contribution < -0.4 is 10.1 Å². The van der Waals surface area contributed by atoms with E-state index in [-0.39, 0.29) is 18.9 Å². The molecular weight excluding hydrogens is 472 g/mol. The van der Waals surface area contributed by atoms with Gasteiger partial charge in [0.1, 0.15) is 11.5 Å². The Bertz CT molecular complexity index is 1200. The second kappa shape index (κ2) is 12.5. The van der Waals surface area contributed by atoms with Crippen molar-refractivity contribution >= 4 is 11.9 Å². The molecule has 0 bridgehead atoms. The number of amides is 1. The van der Waals surface area contributed by atoms with Crippen molar-refractivity contribution in [3.8, 4) is 17.2 Å². The molecule has 3 aromatic rings. The van der Waals surface area contributed by atoms with Crippen molar-refractivity contribution in [3.63, 3.8) is 0 Å². The van der Waals surface area contributed by atoms with E-state index in [9.17, 15) is 14.7 Å². The van der Waals surface area contributed by atoms with Crippen LogP contribution in [0.3, 0.4) is 0 Å². The summed E-state index contributed by atoms with van der Waals surface area (Å²) >= 11 is 0. The van der Waals surface area contributed by atoms with Crippen LogP contribution in [0.2, 0.25) is 0 Å². The minimum absolute atomic E-state index is 0.0595. The van der Waals surface area contributed by atoms with Gasteiger partial charge in [0.2, 0.25) is 5.89 Å². The SMILES string of the molecule is Cc1oc(-c2ccccc2)nc1CCOc1ccc(CCC(=O)O)c(C(O)C(=O)NC2CCCCC2)c1. The summed E-state index contributed by atoms with van der Waals surface area (Å²) in [6.45, 7) is 2.19. The van der Waals surface area contributed by atoms with Crippen molar-refractivity contribution < 1.29 is 29.0 Å². The number of benzene rings is 2. The number of nitrogens with zero attached hydrogens (tertiary/aromatic N) is 1. The Morgan fingerprint density at radius 2 is 1.86 bits per heavy atom. The van der Waals surface area contributed by atoms with Crippen LogP contribution in [0, 0.1) is 6.92 Å². The molecule has 3 N–H and O–H groups in total. The van der Waals surface area contributed by atoms with E-state index in [2.05, 4.69) is 10.3 Å². The molecule has 1 fully saturated rings. The first-order valence-electron chi connectivity index (χ1n) is 12.9. The Kier molecular flexibility index (Phi) is 8.95. The number of carboxylic acid groups (broad SMARTS) is 1. The average molecular weight is 507 g/mol. The van der Waals surface area contributed by atoms with Crippen molar-refractivity contribution in [2.24, 2.45) is 0 Å². The molecule has 1 heterocycles. The molecule has 1 aliphatic rings. The van der Waals surface area contributed by atoms with Crippen LogP contribution in [-0.2, 0) is 22.4 Å². The number of carbonyl (C=O) groups is 2. The highest BCUT2D eigenvalue weighted by atomic mass is 16.5. The van der Waals surface area contributed by atoms with Crippen LogP contribution >= 0.6 is 0 Å². The molecule has 1 aromatic heterocycles. The quantitative estimate of drug-likeness (QED) is 0.342. The molecule has 1 aliphatic carbocycles. The number of nitrogens with one attached hydrogen (secondary N) is 1. The molecule has 0 saturated heterocycles. The Morgan fingerprint density at radius 3 is 2.59 bits per heavy atom. The molecule has 1 amide bonds. The van der Waals surface area contributed by atoms with Crippen molar-refractivity contribution in [1.82, 2.24) is 10.3 Å². The second-order valence-electron chi connectivity index (χ2n) is 9.49. The number of aliphatic carboxylic acids is 1. The fourth-order valence-electron chi connectivity index (χ4n) is 4.68. The van der Waals surface area contributed by atoms with Crippen molar-refractivity contribution in [2.75, 3.05) is 6.61 Å².